The predicted molar refractivity (Wildman–Crippen MR) is 35.3 cm³/mol. The zero-order chi connectivity index (χ0) is 6.20. The van der Waals surface area contributed by atoms with Crippen molar-refractivity contribution in [3.8, 4) is 12.3 Å². The fourth-order valence-corrected chi connectivity index (χ4v) is 0.831. The fourth-order valence-electron chi connectivity index (χ4n) is 0.831. The predicted octanol–water partition coefficient (Wildman–Crippen LogP) is 2.06. The molecular formula is C8H12. The van der Waals surface area contributed by atoms with Crippen molar-refractivity contribution in [2.45, 2.75) is 26.7 Å². The lowest BCUT2D eigenvalue weighted by molar-refractivity contribution is 0.453. The average Bonchev–Trinajstić information content (AvgIpc) is 2.47. The van der Waals surface area contributed by atoms with Gasteiger partial charge >= 0.3 is 0 Å². The maximum Gasteiger partial charge on any atom is 0.0225 e. The second kappa shape index (κ2) is 1.52. The molecule has 8 heavy (non-hydrogen) atoms. The van der Waals surface area contributed by atoms with Crippen LogP contribution in [0.25, 0.3) is 0 Å². The molecule has 1 aliphatic carbocycles. The van der Waals surface area contributed by atoms with E-state index >= 15 is 0 Å². The molecule has 0 aliphatic heterocycles. The monoisotopic (exact) mass is 108 g/mol. The second-order valence-electron chi connectivity index (χ2n) is 3.04. The smallest absolute Gasteiger partial charge is 0.0225 e. The Labute approximate surface area is 51.3 Å². The van der Waals surface area contributed by atoms with Crippen LogP contribution in [0.5, 0.6) is 0 Å². The maximum absolute atomic E-state index is 5.25. The van der Waals surface area contributed by atoms with Crippen molar-refractivity contribution in [2.75, 3.05) is 0 Å². The van der Waals surface area contributed by atoms with Crippen LogP contribution in [0.3, 0.4) is 0 Å². The number of rotatable bonds is 1. The third-order valence-electron chi connectivity index (χ3n) is 2.33. The van der Waals surface area contributed by atoms with Gasteiger partial charge in [-0.05, 0) is 18.3 Å². The van der Waals surface area contributed by atoms with Gasteiger partial charge in [-0.1, -0.05) is 13.8 Å². The van der Waals surface area contributed by atoms with Gasteiger partial charge in [0.1, 0.15) is 0 Å². The first kappa shape index (κ1) is 5.69. The highest BCUT2D eigenvalue weighted by Crippen LogP contribution is 2.50. The molecule has 1 atom stereocenters. The minimum absolute atomic E-state index is 0.488. The number of terminal acetylenes is 1. The van der Waals surface area contributed by atoms with Crippen LogP contribution in [0, 0.1) is 23.7 Å². The van der Waals surface area contributed by atoms with Crippen molar-refractivity contribution in [1.29, 1.82) is 0 Å². The first-order chi connectivity index (χ1) is 3.69. The van der Waals surface area contributed by atoms with E-state index in [2.05, 4.69) is 19.8 Å². The third kappa shape index (κ3) is 0.733. The summed E-state index contributed by atoms with van der Waals surface area (Å²) in [7, 11) is 0. The van der Waals surface area contributed by atoms with E-state index in [0.717, 1.165) is 0 Å². The molecule has 1 unspecified atom stereocenters. The molecule has 0 aromatic rings. The molecule has 0 nitrogen and oxygen atoms in total. The van der Waals surface area contributed by atoms with Crippen LogP contribution in [0.15, 0.2) is 0 Å². The standard InChI is InChI=1S/C8H12/c1-4-7(2)8(3)5-6-8/h1,7H,5-6H2,2-3H3. The Bertz CT molecular complexity index is 123. The van der Waals surface area contributed by atoms with Gasteiger partial charge in [0.25, 0.3) is 0 Å². The molecule has 0 bridgehead atoms. The van der Waals surface area contributed by atoms with Gasteiger partial charge in [-0.2, -0.15) is 0 Å². The van der Waals surface area contributed by atoms with Crippen LogP contribution < -0.4 is 0 Å². The van der Waals surface area contributed by atoms with E-state index in [4.69, 9.17) is 6.42 Å². The second-order valence-corrected chi connectivity index (χ2v) is 3.04. The molecule has 1 fully saturated rings. The molecule has 0 heteroatoms. The van der Waals surface area contributed by atoms with Gasteiger partial charge in [-0.25, -0.2) is 0 Å². The Hall–Kier alpha value is -0.440. The van der Waals surface area contributed by atoms with Gasteiger partial charge in [0.05, 0.1) is 0 Å². The zero-order valence-corrected chi connectivity index (χ0v) is 5.57. The fraction of sp³-hybridized carbons (Fsp3) is 0.750. The molecule has 1 rings (SSSR count). The van der Waals surface area contributed by atoms with Crippen LogP contribution in [0.1, 0.15) is 26.7 Å². The summed E-state index contributed by atoms with van der Waals surface area (Å²) in [4.78, 5) is 0. The van der Waals surface area contributed by atoms with Crippen molar-refractivity contribution in [3.63, 3.8) is 0 Å². The Balaban J connectivity index is 2.49. The molecule has 1 saturated carbocycles. The summed E-state index contributed by atoms with van der Waals surface area (Å²) in [5.74, 6) is 3.26. The summed E-state index contributed by atoms with van der Waals surface area (Å²) < 4.78 is 0. The summed E-state index contributed by atoms with van der Waals surface area (Å²) in [6.07, 6.45) is 7.91. The summed E-state index contributed by atoms with van der Waals surface area (Å²) in [5.41, 5.74) is 0.523. The van der Waals surface area contributed by atoms with Crippen molar-refractivity contribution in [1.82, 2.24) is 0 Å². The summed E-state index contributed by atoms with van der Waals surface area (Å²) in [5, 5.41) is 0. The highest BCUT2D eigenvalue weighted by molar-refractivity contribution is 5.05. The van der Waals surface area contributed by atoms with E-state index < -0.39 is 0 Å². The van der Waals surface area contributed by atoms with Gasteiger partial charge in [0.2, 0.25) is 0 Å². The highest BCUT2D eigenvalue weighted by atomic mass is 14.4. The minimum Gasteiger partial charge on any atom is -0.120 e. The molecule has 1 aliphatic rings. The molecule has 0 amide bonds. The number of hydrogen-bond acceptors (Lipinski definition) is 0. The lowest BCUT2D eigenvalue weighted by Crippen LogP contribution is -2.04. The molecule has 44 valence electrons. The van der Waals surface area contributed by atoms with Crippen LogP contribution >= 0.6 is 0 Å². The van der Waals surface area contributed by atoms with Gasteiger partial charge in [0.15, 0.2) is 0 Å². The van der Waals surface area contributed by atoms with Crippen LogP contribution in [-0.4, -0.2) is 0 Å². The summed E-state index contributed by atoms with van der Waals surface area (Å²) >= 11 is 0. The van der Waals surface area contributed by atoms with Crippen molar-refractivity contribution < 1.29 is 0 Å². The van der Waals surface area contributed by atoms with Gasteiger partial charge in [-0.15, -0.1) is 12.3 Å². The first-order valence-electron chi connectivity index (χ1n) is 3.15. The molecule has 0 aromatic carbocycles. The lowest BCUT2D eigenvalue weighted by Gasteiger charge is -2.09. The molecule has 0 saturated heterocycles. The molecule has 0 N–H and O–H groups in total. The van der Waals surface area contributed by atoms with Crippen molar-refractivity contribution in [2.24, 2.45) is 11.3 Å². The van der Waals surface area contributed by atoms with Gasteiger partial charge in [0, 0.05) is 5.92 Å². The Morgan fingerprint density at radius 2 is 2.12 bits per heavy atom. The van der Waals surface area contributed by atoms with E-state index in [1.165, 1.54) is 12.8 Å². The molecular weight excluding hydrogens is 96.1 g/mol. The van der Waals surface area contributed by atoms with Crippen LogP contribution in [0.4, 0.5) is 0 Å². The Kier molecular flexibility index (Phi) is 1.08. The van der Waals surface area contributed by atoms with E-state index in [1.54, 1.807) is 0 Å². The Morgan fingerprint density at radius 3 is 2.25 bits per heavy atom. The van der Waals surface area contributed by atoms with Gasteiger partial charge in [-0.3, -0.25) is 0 Å². The lowest BCUT2D eigenvalue weighted by atomic mass is 9.94. The highest BCUT2D eigenvalue weighted by Gasteiger charge is 2.41. The van der Waals surface area contributed by atoms with E-state index in [9.17, 15) is 0 Å². The summed E-state index contributed by atoms with van der Waals surface area (Å²) in [6, 6.07) is 0. The average molecular weight is 108 g/mol. The molecule has 0 spiro atoms. The first-order valence-corrected chi connectivity index (χ1v) is 3.15. The van der Waals surface area contributed by atoms with Crippen molar-refractivity contribution >= 4 is 0 Å². The van der Waals surface area contributed by atoms with E-state index in [-0.39, 0.29) is 0 Å². The normalized spacial score (nSPS) is 26.1. The van der Waals surface area contributed by atoms with Crippen molar-refractivity contribution in [3.05, 3.63) is 0 Å². The third-order valence-corrected chi connectivity index (χ3v) is 2.33. The van der Waals surface area contributed by atoms with Crippen LogP contribution in [0.2, 0.25) is 0 Å². The molecule has 0 heterocycles. The zero-order valence-electron chi connectivity index (χ0n) is 5.57. The van der Waals surface area contributed by atoms with E-state index in [0.29, 0.717) is 11.3 Å². The topological polar surface area (TPSA) is 0 Å². The largest absolute Gasteiger partial charge is 0.120 e. The Morgan fingerprint density at radius 1 is 1.62 bits per heavy atom. The van der Waals surface area contributed by atoms with E-state index in [1.807, 2.05) is 0 Å². The SMILES string of the molecule is C#CC(C)C1(C)CC1. The van der Waals surface area contributed by atoms with Gasteiger partial charge < -0.3 is 0 Å². The van der Waals surface area contributed by atoms with Crippen LogP contribution in [-0.2, 0) is 0 Å². The molecule has 0 radical (unpaired) electrons. The maximum atomic E-state index is 5.25. The quantitative estimate of drug-likeness (QED) is 0.451. The summed E-state index contributed by atoms with van der Waals surface area (Å²) in [6.45, 7) is 4.39. The number of hydrogen-bond donors (Lipinski definition) is 0. The molecule has 0 aromatic heterocycles. The minimum atomic E-state index is 0.488.